The van der Waals surface area contributed by atoms with Gasteiger partial charge in [0, 0.05) is 5.33 Å². The van der Waals surface area contributed by atoms with Crippen LogP contribution in [0.4, 0.5) is 0 Å². The number of hydrogen-bond donors (Lipinski definition) is 0. The normalized spacial score (nSPS) is 12.8. The van der Waals surface area contributed by atoms with Crippen molar-refractivity contribution in [2.24, 2.45) is 5.92 Å². The summed E-state index contributed by atoms with van der Waals surface area (Å²) in [5.74, 6) is 0.453. The van der Waals surface area contributed by atoms with Gasteiger partial charge >= 0.3 is 0 Å². The number of benzene rings is 1. The number of halogens is 1. The van der Waals surface area contributed by atoms with Crippen molar-refractivity contribution >= 4 is 15.9 Å². The van der Waals surface area contributed by atoms with Crippen LogP contribution >= 0.6 is 15.9 Å². The van der Waals surface area contributed by atoms with E-state index in [1.165, 1.54) is 5.56 Å². The van der Waals surface area contributed by atoms with E-state index in [2.05, 4.69) is 48.5 Å². The summed E-state index contributed by atoms with van der Waals surface area (Å²) in [4.78, 5) is 0. The molecule has 0 amide bonds. The maximum Gasteiger partial charge on any atom is 0.0817 e. The van der Waals surface area contributed by atoms with Crippen LogP contribution in [0.3, 0.4) is 0 Å². The van der Waals surface area contributed by atoms with Gasteiger partial charge in [0.2, 0.25) is 0 Å². The summed E-state index contributed by atoms with van der Waals surface area (Å²) in [6, 6.07) is 10.2. The third-order valence-electron chi connectivity index (χ3n) is 2.45. The molecule has 0 aliphatic carbocycles. The minimum Gasteiger partial charge on any atom is -0.369 e. The Labute approximate surface area is 107 Å². The van der Waals surface area contributed by atoms with Crippen LogP contribution in [0.1, 0.15) is 19.4 Å². The summed E-state index contributed by atoms with van der Waals surface area (Å²) in [7, 11) is 0. The monoisotopic (exact) mass is 282 g/mol. The molecule has 1 rings (SSSR count). The quantitative estimate of drug-likeness (QED) is 0.562. The molecule has 1 unspecified atom stereocenters. The molecule has 0 fully saturated rings. The van der Waals surface area contributed by atoms with Crippen LogP contribution in [0, 0.1) is 5.92 Å². The van der Waals surface area contributed by atoms with E-state index in [-0.39, 0.29) is 6.10 Å². The highest BCUT2D eigenvalue weighted by molar-refractivity contribution is 9.09. The van der Waals surface area contributed by atoms with Gasteiger partial charge in [0.05, 0.1) is 12.7 Å². The number of ether oxygens (including phenoxy) is 1. The minimum atomic E-state index is 0.125. The third-order valence-corrected chi connectivity index (χ3v) is 3.17. The van der Waals surface area contributed by atoms with Gasteiger partial charge in [0.25, 0.3) is 0 Å². The molecule has 1 aromatic carbocycles. The Kier molecular flexibility index (Phi) is 5.78. The van der Waals surface area contributed by atoms with E-state index in [0.717, 1.165) is 10.9 Å². The van der Waals surface area contributed by atoms with Crippen LogP contribution in [-0.2, 0) is 11.3 Å². The van der Waals surface area contributed by atoms with E-state index in [1.807, 2.05) is 18.2 Å². The SMILES string of the molecule is C=C(CBr)C(OCc1ccccc1)C(C)C. The van der Waals surface area contributed by atoms with Gasteiger partial charge in [-0.25, -0.2) is 0 Å². The molecule has 0 aliphatic heterocycles. The standard InChI is InChI=1S/C14H19BrO/c1-11(2)14(12(3)9-15)16-10-13-7-5-4-6-8-13/h4-8,11,14H,3,9-10H2,1-2H3. The van der Waals surface area contributed by atoms with Crippen LogP contribution in [0.5, 0.6) is 0 Å². The smallest absolute Gasteiger partial charge is 0.0817 e. The first-order chi connectivity index (χ1) is 7.65. The first-order valence-electron chi connectivity index (χ1n) is 5.54. The van der Waals surface area contributed by atoms with E-state index in [9.17, 15) is 0 Å². The van der Waals surface area contributed by atoms with E-state index in [1.54, 1.807) is 0 Å². The maximum absolute atomic E-state index is 5.91. The van der Waals surface area contributed by atoms with Crippen molar-refractivity contribution in [3.05, 3.63) is 48.0 Å². The van der Waals surface area contributed by atoms with Crippen LogP contribution in [0.15, 0.2) is 42.5 Å². The van der Waals surface area contributed by atoms with Gasteiger partial charge < -0.3 is 4.74 Å². The van der Waals surface area contributed by atoms with Gasteiger partial charge in [0.1, 0.15) is 0 Å². The molecule has 0 radical (unpaired) electrons. The topological polar surface area (TPSA) is 9.23 Å². The molecule has 0 heterocycles. The second-order valence-electron chi connectivity index (χ2n) is 4.25. The van der Waals surface area contributed by atoms with Crippen LogP contribution in [-0.4, -0.2) is 11.4 Å². The molecular weight excluding hydrogens is 264 g/mol. The van der Waals surface area contributed by atoms with Gasteiger partial charge in [0.15, 0.2) is 0 Å². The van der Waals surface area contributed by atoms with Crippen LogP contribution in [0.25, 0.3) is 0 Å². The fourth-order valence-electron chi connectivity index (χ4n) is 1.62. The average Bonchev–Trinajstić information content (AvgIpc) is 2.30. The summed E-state index contributed by atoms with van der Waals surface area (Å²) in [5.41, 5.74) is 2.31. The van der Waals surface area contributed by atoms with E-state index < -0.39 is 0 Å². The van der Waals surface area contributed by atoms with Crippen molar-refractivity contribution in [3.63, 3.8) is 0 Å². The Hall–Kier alpha value is -0.600. The Morgan fingerprint density at radius 1 is 1.31 bits per heavy atom. The molecule has 16 heavy (non-hydrogen) atoms. The van der Waals surface area contributed by atoms with Gasteiger partial charge in [-0.1, -0.05) is 66.7 Å². The van der Waals surface area contributed by atoms with Crippen LogP contribution in [0.2, 0.25) is 0 Å². The number of alkyl halides is 1. The van der Waals surface area contributed by atoms with Crippen LogP contribution < -0.4 is 0 Å². The molecule has 0 saturated heterocycles. The molecular formula is C14H19BrO. The summed E-state index contributed by atoms with van der Waals surface area (Å²) < 4.78 is 5.91. The van der Waals surface area contributed by atoms with Crippen molar-refractivity contribution in [1.82, 2.24) is 0 Å². The fraction of sp³-hybridized carbons (Fsp3) is 0.429. The predicted octanol–water partition coefficient (Wildman–Crippen LogP) is 4.18. The molecule has 0 bridgehead atoms. The Morgan fingerprint density at radius 2 is 1.94 bits per heavy atom. The zero-order chi connectivity index (χ0) is 12.0. The average molecular weight is 283 g/mol. The summed E-state index contributed by atoms with van der Waals surface area (Å²) >= 11 is 3.43. The van der Waals surface area contributed by atoms with E-state index in [0.29, 0.717) is 12.5 Å². The molecule has 88 valence electrons. The summed E-state index contributed by atoms with van der Waals surface area (Å²) in [5, 5.41) is 0.796. The highest BCUT2D eigenvalue weighted by atomic mass is 79.9. The van der Waals surface area contributed by atoms with Gasteiger partial charge in [-0.3, -0.25) is 0 Å². The maximum atomic E-state index is 5.91. The Bertz CT molecular complexity index is 319. The second kappa shape index (κ2) is 6.87. The lowest BCUT2D eigenvalue weighted by molar-refractivity contribution is 0.0359. The molecule has 1 aromatic rings. The molecule has 0 aliphatic rings. The Morgan fingerprint density at radius 3 is 2.44 bits per heavy atom. The second-order valence-corrected chi connectivity index (χ2v) is 4.81. The lowest BCUT2D eigenvalue weighted by Crippen LogP contribution is -2.22. The molecule has 0 spiro atoms. The van der Waals surface area contributed by atoms with Gasteiger partial charge in [-0.05, 0) is 17.1 Å². The Balaban J connectivity index is 2.54. The molecule has 0 saturated carbocycles. The van der Waals surface area contributed by atoms with E-state index in [4.69, 9.17) is 4.74 Å². The highest BCUT2D eigenvalue weighted by Gasteiger charge is 2.16. The molecule has 2 heteroatoms. The fourth-order valence-corrected chi connectivity index (χ4v) is 1.94. The lowest BCUT2D eigenvalue weighted by Gasteiger charge is -2.22. The molecule has 0 aromatic heterocycles. The highest BCUT2D eigenvalue weighted by Crippen LogP contribution is 2.18. The zero-order valence-corrected chi connectivity index (χ0v) is 11.5. The zero-order valence-electron chi connectivity index (χ0n) is 9.95. The molecule has 1 nitrogen and oxygen atoms in total. The minimum absolute atomic E-state index is 0.125. The lowest BCUT2D eigenvalue weighted by atomic mass is 10.0. The first-order valence-corrected chi connectivity index (χ1v) is 6.66. The van der Waals surface area contributed by atoms with Crippen molar-refractivity contribution in [2.45, 2.75) is 26.6 Å². The van der Waals surface area contributed by atoms with Crippen molar-refractivity contribution in [2.75, 3.05) is 5.33 Å². The molecule has 1 atom stereocenters. The molecule has 0 N–H and O–H groups in total. The van der Waals surface area contributed by atoms with E-state index >= 15 is 0 Å². The largest absolute Gasteiger partial charge is 0.369 e. The number of rotatable bonds is 6. The van der Waals surface area contributed by atoms with Crippen molar-refractivity contribution in [3.8, 4) is 0 Å². The van der Waals surface area contributed by atoms with Crippen molar-refractivity contribution < 1.29 is 4.74 Å². The third kappa shape index (κ3) is 4.11. The summed E-state index contributed by atoms with van der Waals surface area (Å²) in [6.45, 7) is 9.00. The summed E-state index contributed by atoms with van der Waals surface area (Å²) in [6.07, 6.45) is 0.125. The predicted molar refractivity (Wildman–Crippen MR) is 72.8 cm³/mol. The first kappa shape index (κ1) is 13.5. The number of hydrogen-bond acceptors (Lipinski definition) is 1. The van der Waals surface area contributed by atoms with Gasteiger partial charge in [-0.2, -0.15) is 0 Å². The van der Waals surface area contributed by atoms with Gasteiger partial charge in [-0.15, -0.1) is 0 Å². The van der Waals surface area contributed by atoms with Crippen molar-refractivity contribution in [1.29, 1.82) is 0 Å².